The number of H-pyrrole nitrogens is 1. The van der Waals surface area contributed by atoms with Crippen LogP contribution in [0.15, 0.2) is 67.1 Å². The molecule has 0 aliphatic carbocycles. The molecule has 3 heterocycles. The van der Waals surface area contributed by atoms with Crippen LogP contribution in [-0.4, -0.2) is 36.5 Å². The highest BCUT2D eigenvalue weighted by atomic mass is 15.2. The lowest BCUT2D eigenvalue weighted by molar-refractivity contribution is 0.311. The van der Waals surface area contributed by atoms with E-state index in [9.17, 15) is 0 Å². The molecule has 0 aliphatic rings. The molecule has 0 amide bonds. The van der Waals surface area contributed by atoms with Gasteiger partial charge in [-0.2, -0.15) is 5.10 Å². The Bertz CT molecular complexity index is 1280. The van der Waals surface area contributed by atoms with E-state index >= 15 is 0 Å². The summed E-state index contributed by atoms with van der Waals surface area (Å²) in [7, 11) is 2.08. The molecule has 0 unspecified atom stereocenters. The smallest absolute Gasteiger partial charge is 0.162 e. The monoisotopic (exact) mass is 382 g/mol. The molecular formula is C23H22N6. The first-order valence-electron chi connectivity index (χ1n) is 9.67. The molecule has 5 aromatic rings. The summed E-state index contributed by atoms with van der Waals surface area (Å²) in [5.74, 6) is 0.965. The number of rotatable bonds is 5. The molecule has 5 rings (SSSR count). The first-order chi connectivity index (χ1) is 14.2. The van der Waals surface area contributed by atoms with E-state index in [0.717, 1.165) is 52.3 Å². The van der Waals surface area contributed by atoms with Gasteiger partial charge in [0.05, 0.1) is 23.8 Å². The van der Waals surface area contributed by atoms with Gasteiger partial charge in [-0.15, -0.1) is 0 Å². The highest BCUT2D eigenvalue weighted by molar-refractivity contribution is 5.77. The minimum atomic E-state index is 0.736. The molecule has 2 aromatic carbocycles. The summed E-state index contributed by atoms with van der Waals surface area (Å²) in [6.45, 7) is 3.59. The molecule has 29 heavy (non-hydrogen) atoms. The van der Waals surface area contributed by atoms with Crippen molar-refractivity contribution in [3.05, 3.63) is 84.1 Å². The van der Waals surface area contributed by atoms with E-state index in [4.69, 9.17) is 4.98 Å². The fourth-order valence-corrected chi connectivity index (χ4v) is 3.69. The lowest BCUT2D eigenvalue weighted by Crippen LogP contribution is -2.18. The number of nitrogens with one attached hydrogen (secondary N) is 1. The van der Waals surface area contributed by atoms with Crippen LogP contribution in [0.4, 0.5) is 0 Å². The van der Waals surface area contributed by atoms with Crippen molar-refractivity contribution in [2.24, 2.45) is 0 Å². The number of aromatic nitrogens is 5. The summed E-state index contributed by atoms with van der Waals surface area (Å²) >= 11 is 0. The number of hydrogen-bond donors (Lipinski definition) is 1. The Hall–Kier alpha value is -3.51. The molecule has 0 radical (unpaired) electrons. The van der Waals surface area contributed by atoms with Crippen molar-refractivity contribution >= 4 is 16.7 Å². The van der Waals surface area contributed by atoms with E-state index in [1.54, 1.807) is 0 Å². The first kappa shape index (κ1) is 17.6. The second-order valence-corrected chi connectivity index (χ2v) is 7.53. The number of hydrogen-bond acceptors (Lipinski definition) is 4. The number of benzene rings is 2. The topological polar surface area (TPSA) is 62.1 Å². The van der Waals surface area contributed by atoms with E-state index in [0.29, 0.717) is 0 Å². The van der Waals surface area contributed by atoms with Crippen molar-refractivity contribution < 1.29 is 0 Å². The SMILES string of the molecule is Cc1ccc2nc(CN(C)Cc3cnc4c(-c5ccccc5)cnn4c3)[nH]c2c1. The minimum absolute atomic E-state index is 0.736. The van der Waals surface area contributed by atoms with Crippen LogP contribution < -0.4 is 0 Å². The average molecular weight is 382 g/mol. The van der Waals surface area contributed by atoms with Crippen molar-refractivity contribution in [3.63, 3.8) is 0 Å². The largest absolute Gasteiger partial charge is 0.341 e. The summed E-state index contributed by atoms with van der Waals surface area (Å²) in [6, 6.07) is 16.5. The van der Waals surface area contributed by atoms with Gasteiger partial charge in [-0.3, -0.25) is 4.90 Å². The summed E-state index contributed by atoms with van der Waals surface area (Å²) in [4.78, 5) is 15.0. The Morgan fingerprint density at radius 3 is 2.76 bits per heavy atom. The fraction of sp³-hybridized carbons (Fsp3) is 0.174. The molecule has 0 saturated heterocycles. The Labute approximate surface area is 168 Å². The maximum absolute atomic E-state index is 4.69. The van der Waals surface area contributed by atoms with Gasteiger partial charge in [0.1, 0.15) is 5.82 Å². The summed E-state index contributed by atoms with van der Waals surface area (Å²) < 4.78 is 1.86. The number of fused-ring (bicyclic) bond motifs is 2. The van der Waals surface area contributed by atoms with Crippen LogP contribution in [0.2, 0.25) is 0 Å². The van der Waals surface area contributed by atoms with E-state index in [1.807, 2.05) is 41.3 Å². The molecule has 6 nitrogen and oxygen atoms in total. The van der Waals surface area contributed by atoms with Gasteiger partial charge < -0.3 is 4.98 Å². The molecule has 3 aromatic heterocycles. The molecule has 0 aliphatic heterocycles. The van der Waals surface area contributed by atoms with Crippen LogP contribution in [0.5, 0.6) is 0 Å². The molecule has 0 saturated carbocycles. The molecule has 144 valence electrons. The minimum Gasteiger partial charge on any atom is -0.341 e. The van der Waals surface area contributed by atoms with Crippen LogP contribution >= 0.6 is 0 Å². The molecule has 6 heteroatoms. The van der Waals surface area contributed by atoms with Gasteiger partial charge >= 0.3 is 0 Å². The van der Waals surface area contributed by atoms with Crippen molar-refractivity contribution in [2.45, 2.75) is 20.0 Å². The van der Waals surface area contributed by atoms with Crippen LogP contribution in [0.3, 0.4) is 0 Å². The zero-order valence-corrected chi connectivity index (χ0v) is 16.5. The average Bonchev–Trinajstić information content (AvgIpc) is 3.31. The molecular weight excluding hydrogens is 360 g/mol. The van der Waals surface area contributed by atoms with Crippen molar-refractivity contribution in [2.75, 3.05) is 7.05 Å². The van der Waals surface area contributed by atoms with Crippen molar-refractivity contribution in [1.29, 1.82) is 0 Å². The Morgan fingerprint density at radius 1 is 1.03 bits per heavy atom. The third-order valence-corrected chi connectivity index (χ3v) is 5.05. The lowest BCUT2D eigenvalue weighted by atomic mass is 10.1. The molecule has 0 bridgehead atoms. The van der Waals surface area contributed by atoms with Crippen LogP contribution in [0.25, 0.3) is 27.8 Å². The van der Waals surface area contributed by atoms with Gasteiger partial charge in [-0.25, -0.2) is 14.5 Å². The quantitative estimate of drug-likeness (QED) is 0.495. The molecule has 0 fully saturated rings. The van der Waals surface area contributed by atoms with E-state index < -0.39 is 0 Å². The zero-order chi connectivity index (χ0) is 19.8. The normalized spacial score (nSPS) is 11.7. The van der Waals surface area contributed by atoms with E-state index in [2.05, 4.69) is 64.3 Å². The fourth-order valence-electron chi connectivity index (χ4n) is 3.69. The number of nitrogens with zero attached hydrogens (tertiary/aromatic N) is 5. The van der Waals surface area contributed by atoms with Crippen LogP contribution in [0, 0.1) is 6.92 Å². The maximum Gasteiger partial charge on any atom is 0.162 e. The summed E-state index contributed by atoms with van der Waals surface area (Å²) in [6.07, 6.45) is 5.86. The predicted octanol–water partition coefficient (Wildman–Crippen LogP) is 4.21. The van der Waals surface area contributed by atoms with E-state index in [-0.39, 0.29) is 0 Å². The highest BCUT2D eigenvalue weighted by Crippen LogP contribution is 2.23. The Morgan fingerprint density at radius 2 is 1.90 bits per heavy atom. The van der Waals surface area contributed by atoms with Crippen molar-refractivity contribution in [3.8, 4) is 11.1 Å². The van der Waals surface area contributed by atoms with Gasteiger partial charge in [0.25, 0.3) is 0 Å². The number of imidazole rings is 1. The molecule has 0 atom stereocenters. The molecule has 0 spiro atoms. The third kappa shape index (κ3) is 3.50. The zero-order valence-electron chi connectivity index (χ0n) is 16.5. The standard InChI is InChI=1S/C23H22N6/c1-16-8-9-20-21(10-16)27-22(26-20)15-28(2)13-17-11-24-23-19(12-25-29(23)14-17)18-6-4-3-5-7-18/h3-12,14H,13,15H2,1-2H3,(H,26,27). The Balaban J connectivity index is 1.34. The van der Waals surface area contributed by atoms with Gasteiger partial charge in [-0.05, 0) is 37.2 Å². The lowest BCUT2D eigenvalue weighted by Gasteiger charge is -2.15. The number of aryl methyl sites for hydroxylation is 1. The third-order valence-electron chi connectivity index (χ3n) is 5.05. The predicted molar refractivity (Wildman–Crippen MR) is 114 cm³/mol. The Kier molecular flexibility index (Phi) is 4.33. The van der Waals surface area contributed by atoms with Gasteiger partial charge in [0.15, 0.2) is 5.65 Å². The maximum atomic E-state index is 4.69. The summed E-state index contributed by atoms with van der Waals surface area (Å²) in [5, 5.41) is 4.50. The van der Waals surface area contributed by atoms with Crippen LogP contribution in [0.1, 0.15) is 17.0 Å². The van der Waals surface area contributed by atoms with Gasteiger partial charge in [0, 0.05) is 30.1 Å². The van der Waals surface area contributed by atoms with E-state index in [1.165, 1.54) is 5.56 Å². The molecule has 1 N–H and O–H groups in total. The number of aromatic amines is 1. The van der Waals surface area contributed by atoms with Gasteiger partial charge in [-0.1, -0.05) is 36.4 Å². The van der Waals surface area contributed by atoms with Crippen molar-refractivity contribution in [1.82, 2.24) is 29.5 Å². The van der Waals surface area contributed by atoms with Gasteiger partial charge in [0.2, 0.25) is 0 Å². The summed E-state index contributed by atoms with van der Waals surface area (Å²) in [5.41, 5.74) is 7.47. The second kappa shape index (κ2) is 7.14. The highest BCUT2D eigenvalue weighted by Gasteiger charge is 2.11. The first-order valence-corrected chi connectivity index (χ1v) is 9.67. The second-order valence-electron chi connectivity index (χ2n) is 7.53. The van der Waals surface area contributed by atoms with Crippen LogP contribution in [-0.2, 0) is 13.1 Å².